The van der Waals surface area contributed by atoms with Gasteiger partial charge in [-0.3, -0.25) is 0 Å². The number of hydrogen-bond donors (Lipinski definition) is 0. The van der Waals surface area contributed by atoms with Crippen LogP contribution in [0.3, 0.4) is 0 Å². The number of aromatic nitrogens is 1. The Balaban J connectivity index is 1.48. The molecule has 2 heterocycles. The first-order valence-corrected chi connectivity index (χ1v) is 13.1. The fourth-order valence-electron chi connectivity index (χ4n) is 3.28. The summed E-state index contributed by atoms with van der Waals surface area (Å²) in [6.07, 6.45) is 0. The van der Waals surface area contributed by atoms with Gasteiger partial charge in [0.15, 0.2) is 5.13 Å². The number of sulfonamides is 1. The van der Waals surface area contributed by atoms with Crippen molar-refractivity contribution in [2.45, 2.75) is 11.8 Å². The molecular weight excluding hydrogens is 520 g/mol. The van der Waals surface area contributed by atoms with Gasteiger partial charge in [0.25, 0.3) is 0 Å². The Morgan fingerprint density at radius 1 is 0.903 bits per heavy atom. The van der Waals surface area contributed by atoms with Crippen molar-refractivity contribution in [1.82, 2.24) is 9.29 Å². The molecule has 0 unspecified atom stereocenters. The monoisotopic (exact) mass is 535 g/mol. The topological polar surface area (TPSA) is 53.5 Å². The largest absolute Gasteiger partial charge is 0.345 e. The molecule has 0 saturated carbocycles. The SMILES string of the molecule is Cc1cc(S(=O)(=O)N2CCN(c3nc(-c4ccc(Cl)c(Cl)c4)cs3)CC2)c(Cl)cc1Cl. The molecule has 31 heavy (non-hydrogen) atoms. The number of nitrogens with zero attached hydrogens (tertiary/aromatic N) is 3. The summed E-state index contributed by atoms with van der Waals surface area (Å²) in [7, 11) is -3.71. The van der Waals surface area contributed by atoms with E-state index in [9.17, 15) is 8.42 Å². The number of halogens is 4. The molecule has 1 fully saturated rings. The van der Waals surface area contributed by atoms with Gasteiger partial charge in [-0.15, -0.1) is 11.3 Å². The molecule has 5 nitrogen and oxygen atoms in total. The molecule has 2 aromatic carbocycles. The maximum atomic E-state index is 13.1. The fourth-order valence-corrected chi connectivity index (χ4v) is 6.70. The molecule has 1 aromatic heterocycles. The highest BCUT2D eigenvalue weighted by atomic mass is 35.5. The van der Waals surface area contributed by atoms with Crippen LogP contribution in [0.1, 0.15) is 5.56 Å². The molecule has 1 saturated heterocycles. The van der Waals surface area contributed by atoms with Gasteiger partial charge < -0.3 is 4.90 Å². The van der Waals surface area contributed by atoms with Gasteiger partial charge in [0.2, 0.25) is 10.0 Å². The van der Waals surface area contributed by atoms with E-state index in [1.807, 2.05) is 11.4 Å². The molecule has 0 radical (unpaired) electrons. The summed E-state index contributed by atoms with van der Waals surface area (Å²) in [5, 5.41) is 4.32. The Morgan fingerprint density at radius 3 is 2.29 bits per heavy atom. The number of thiazole rings is 1. The highest BCUT2D eigenvalue weighted by molar-refractivity contribution is 7.89. The normalized spacial score (nSPS) is 15.5. The van der Waals surface area contributed by atoms with Gasteiger partial charge in [0, 0.05) is 42.1 Å². The van der Waals surface area contributed by atoms with Gasteiger partial charge >= 0.3 is 0 Å². The van der Waals surface area contributed by atoms with Crippen molar-refractivity contribution in [1.29, 1.82) is 0 Å². The summed E-state index contributed by atoms with van der Waals surface area (Å²) >= 11 is 25.8. The Kier molecular flexibility index (Phi) is 6.75. The summed E-state index contributed by atoms with van der Waals surface area (Å²) in [4.78, 5) is 6.85. The minimum Gasteiger partial charge on any atom is -0.345 e. The van der Waals surface area contributed by atoms with Crippen LogP contribution in [0.2, 0.25) is 20.1 Å². The van der Waals surface area contributed by atoms with Crippen molar-refractivity contribution in [3.63, 3.8) is 0 Å². The Labute approximate surface area is 205 Å². The van der Waals surface area contributed by atoms with E-state index in [0.717, 1.165) is 16.4 Å². The first-order chi connectivity index (χ1) is 14.7. The van der Waals surface area contributed by atoms with Crippen LogP contribution in [0.5, 0.6) is 0 Å². The lowest BCUT2D eigenvalue weighted by molar-refractivity contribution is 0.385. The van der Waals surface area contributed by atoms with Crippen LogP contribution >= 0.6 is 57.7 Å². The number of piperazine rings is 1. The van der Waals surface area contributed by atoms with E-state index in [2.05, 4.69) is 4.90 Å². The molecule has 0 amide bonds. The summed E-state index contributed by atoms with van der Waals surface area (Å²) in [5.74, 6) is 0. The lowest BCUT2D eigenvalue weighted by Crippen LogP contribution is -2.48. The van der Waals surface area contributed by atoms with Crippen molar-refractivity contribution in [3.05, 3.63) is 61.4 Å². The molecule has 1 aliphatic rings. The zero-order valence-corrected chi connectivity index (χ0v) is 20.9. The van der Waals surface area contributed by atoms with Crippen molar-refractivity contribution in [2.75, 3.05) is 31.1 Å². The average molecular weight is 537 g/mol. The molecule has 4 rings (SSSR count). The van der Waals surface area contributed by atoms with Crippen LogP contribution in [0, 0.1) is 6.92 Å². The van der Waals surface area contributed by atoms with Crippen molar-refractivity contribution in [3.8, 4) is 11.3 Å². The number of anilines is 1. The molecule has 164 valence electrons. The molecule has 0 bridgehead atoms. The Morgan fingerprint density at radius 2 is 1.61 bits per heavy atom. The van der Waals surface area contributed by atoms with Crippen LogP contribution < -0.4 is 4.90 Å². The molecule has 11 heteroatoms. The third kappa shape index (κ3) is 4.69. The van der Waals surface area contributed by atoms with Crippen LogP contribution in [0.4, 0.5) is 5.13 Å². The smallest absolute Gasteiger partial charge is 0.244 e. The van der Waals surface area contributed by atoms with Gasteiger partial charge in [-0.1, -0.05) is 52.5 Å². The van der Waals surface area contributed by atoms with E-state index in [0.29, 0.717) is 46.8 Å². The fraction of sp³-hybridized carbons (Fsp3) is 0.250. The van der Waals surface area contributed by atoms with E-state index in [1.54, 1.807) is 19.1 Å². The van der Waals surface area contributed by atoms with E-state index in [1.165, 1.54) is 27.8 Å². The number of benzene rings is 2. The summed E-state index contributed by atoms with van der Waals surface area (Å²) in [5.41, 5.74) is 2.35. The molecule has 0 atom stereocenters. The van der Waals surface area contributed by atoms with E-state index < -0.39 is 10.0 Å². The van der Waals surface area contributed by atoms with Gasteiger partial charge in [-0.25, -0.2) is 13.4 Å². The van der Waals surface area contributed by atoms with Crippen LogP contribution in [0.15, 0.2) is 40.6 Å². The van der Waals surface area contributed by atoms with Crippen LogP contribution in [-0.4, -0.2) is 43.9 Å². The third-order valence-electron chi connectivity index (χ3n) is 5.05. The molecular formula is C20H17Cl4N3O2S2. The summed E-state index contributed by atoms with van der Waals surface area (Å²) < 4.78 is 27.7. The molecule has 0 aliphatic carbocycles. The van der Waals surface area contributed by atoms with Crippen LogP contribution in [-0.2, 0) is 10.0 Å². The number of aryl methyl sites for hydroxylation is 1. The second kappa shape index (κ2) is 9.06. The zero-order chi connectivity index (χ0) is 22.3. The number of rotatable bonds is 4. The standard InChI is InChI=1S/C20H17Cl4N3O2S2/c1-12-8-19(17(24)10-15(12)22)31(28,29)27-6-4-26(5-7-27)20-25-18(11-30-20)13-2-3-14(21)16(23)9-13/h2-3,8-11H,4-7H2,1H3. The van der Waals surface area contributed by atoms with Gasteiger partial charge in [-0.05, 0) is 36.8 Å². The maximum absolute atomic E-state index is 13.1. The predicted octanol–water partition coefficient (Wildman–Crippen LogP) is 6.24. The lowest BCUT2D eigenvalue weighted by atomic mass is 10.2. The van der Waals surface area contributed by atoms with Gasteiger partial charge in [-0.2, -0.15) is 4.31 Å². The average Bonchev–Trinajstić information content (AvgIpc) is 3.23. The number of hydrogen-bond acceptors (Lipinski definition) is 5. The van der Waals surface area contributed by atoms with Crippen LogP contribution in [0.25, 0.3) is 11.3 Å². The van der Waals surface area contributed by atoms with E-state index in [-0.39, 0.29) is 9.92 Å². The maximum Gasteiger partial charge on any atom is 0.244 e. The van der Waals surface area contributed by atoms with Crippen molar-refractivity contribution in [2.24, 2.45) is 0 Å². The van der Waals surface area contributed by atoms with Gasteiger partial charge in [0.1, 0.15) is 4.90 Å². The minimum absolute atomic E-state index is 0.0840. The molecule has 3 aromatic rings. The Bertz CT molecular complexity index is 1240. The second-order valence-electron chi connectivity index (χ2n) is 7.07. The first kappa shape index (κ1) is 23.1. The zero-order valence-electron chi connectivity index (χ0n) is 16.3. The molecule has 1 aliphatic heterocycles. The highest BCUT2D eigenvalue weighted by Crippen LogP contribution is 2.33. The lowest BCUT2D eigenvalue weighted by Gasteiger charge is -2.34. The second-order valence-corrected chi connectivity index (χ2v) is 11.4. The third-order valence-corrected chi connectivity index (χ3v) is 9.46. The van der Waals surface area contributed by atoms with Gasteiger partial charge in [0.05, 0.1) is 20.8 Å². The minimum atomic E-state index is -3.71. The summed E-state index contributed by atoms with van der Waals surface area (Å²) in [6, 6.07) is 8.39. The first-order valence-electron chi connectivity index (χ1n) is 9.28. The highest BCUT2D eigenvalue weighted by Gasteiger charge is 2.31. The Hall–Kier alpha value is -1.06. The van der Waals surface area contributed by atoms with Crippen molar-refractivity contribution < 1.29 is 8.42 Å². The van der Waals surface area contributed by atoms with Crippen molar-refractivity contribution >= 4 is 72.9 Å². The molecule has 0 spiro atoms. The van der Waals surface area contributed by atoms with E-state index >= 15 is 0 Å². The quantitative estimate of drug-likeness (QED) is 0.396. The summed E-state index contributed by atoms with van der Waals surface area (Å²) in [6.45, 7) is 3.48. The predicted molar refractivity (Wildman–Crippen MR) is 130 cm³/mol. The molecule has 0 N–H and O–H groups in total. The van der Waals surface area contributed by atoms with E-state index in [4.69, 9.17) is 51.4 Å².